The number of rotatable bonds is 11. The molecule has 0 bridgehead atoms. The van der Waals surface area contributed by atoms with E-state index in [0.29, 0.717) is 56.4 Å². The molecule has 0 spiro atoms. The molecule has 0 radical (unpaired) electrons. The van der Waals surface area contributed by atoms with Crippen molar-refractivity contribution < 1.29 is 19.0 Å². The summed E-state index contributed by atoms with van der Waals surface area (Å²) in [5, 5.41) is 5.49. The average Bonchev–Trinajstić information content (AvgIpc) is 2.83. The number of ether oxygens (including phenoxy) is 3. The summed E-state index contributed by atoms with van der Waals surface area (Å²) < 4.78 is 18.9. The Bertz CT molecular complexity index is 1150. The molecule has 11 nitrogen and oxygen atoms in total. The summed E-state index contributed by atoms with van der Waals surface area (Å²) in [5.74, 6) is 0.0480. The molecule has 1 unspecified atom stereocenters. The molecule has 1 aromatic carbocycles. The molecule has 1 aliphatic heterocycles. The number of carbonyl (C=O) groups excluding carboxylic acids is 1. The molecule has 35 heavy (non-hydrogen) atoms. The number of pyridine rings is 1. The van der Waals surface area contributed by atoms with Crippen LogP contribution in [0.2, 0.25) is 0 Å². The van der Waals surface area contributed by atoms with E-state index >= 15 is 0 Å². The van der Waals surface area contributed by atoms with Crippen molar-refractivity contribution in [3.05, 3.63) is 50.7 Å². The first-order valence-corrected chi connectivity index (χ1v) is 11.4. The largest absolute Gasteiger partial charge is 0.493 e. The van der Waals surface area contributed by atoms with Gasteiger partial charge in [0.25, 0.3) is 0 Å². The fourth-order valence-corrected chi connectivity index (χ4v) is 4.16. The molecule has 1 amide bonds. The number of carbonyl (C=O) groups is 1. The van der Waals surface area contributed by atoms with Crippen molar-refractivity contribution in [3.63, 3.8) is 0 Å². The molecule has 0 saturated carbocycles. The quantitative estimate of drug-likeness (QED) is 0.212. The van der Waals surface area contributed by atoms with Crippen LogP contribution in [0.3, 0.4) is 0 Å². The molecule has 2 N–H and O–H groups in total. The minimum atomic E-state index is -1.07. The molecule has 2 aromatic rings. The monoisotopic (exact) mass is 485 g/mol. The van der Waals surface area contributed by atoms with Gasteiger partial charge in [-0.2, -0.15) is 5.53 Å². The number of amides is 1. The first-order chi connectivity index (χ1) is 16.7. The Labute approximate surface area is 203 Å². The van der Waals surface area contributed by atoms with Gasteiger partial charge in [-0.15, -0.1) is 4.91 Å². The van der Waals surface area contributed by atoms with Crippen LogP contribution in [0, 0.1) is 15.9 Å². The van der Waals surface area contributed by atoms with Crippen LogP contribution >= 0.6 is 0 Å². The first kappa shape index (κ1) is 26.0. The predicted octanol–water partition coefficient (Wildman–Crippen LogP) is 3.89. The van der Waals surface area contributed by atoms with Gasteiger partial charge in [0.05, 0.1) is 32.6 Å². The van der Waals surface area contributed by atoms with E-state index in [4.69, 9.17) is 19.7 Å². The topological polar surface area (TPSA) is 144 Å². The smallest absolute Gasteiger partial charge is 0.322 e. The van der Waals surface area contributed by atoms with Crippen molar-refractivity contribution >= 4 is 5.91 Å². The predicted molar refractivity (Wildman–Crippen MR) is 129 cm³/mol. The number of nitroso groups, excluding NO2 is 1. The van der Waals surface area contributed by atoms with E-state index in [-0.39, 0.29) is 17.0 Å². The zero-order valence-electron chi connectivity index (χ0n) is 20.4. The van der Waals surface area contributed by atoms with Crippen molar-refractivity contribution in [1.82, 2.24) is 9.99 Å². The lowest BCUT2D eigenvalue weighted by Gasteiger charge is -2.39. The van der Waals surface area contributed by atoms with Crippen molar-refractivity contribution in [2.24, 2.45) is 15.8 Å². The highest BCUT2D eigenvalue weighted by molar-refractivity contribution is 5.94. The summed E-state index contributed by atoms with van der Waals surface area (Å²) in [4.78, 5) is 35.4. The summed E-state index contributed by atoms with van der Waals surface area (Å²) in [7, 11) is 1.55. The van der Waals surface area contributed by atoms with Gasteiger partial charge in [-0.3, -0.25) is 15.0 Å². The van der Waals surface area contributed by atoms with E-state index in [0.717, 1.165) is 11.1 Å². The van der Waals surface area contributed by atoms with Gasteiger partial charge in [-0.05, 0) is 29.5 Å². The maximum Gasteiger partial charge on any atom is 0.322 e. The highest BCUT2D eigenvalue weighted by Gasteiger charge is 2.34. The van der Waals surface area contributed by atoms with E-state index in [1.807, 2.05) is 16.7 Å². The van der Waals surface area contributed by atoms with Crippen molar-refractivity contribution in [2.75, 3.05) is 33.5 Å². The highest BCUT2D eigenvalue weighted by atomic mass is 16.5. The SMILES string of the molecule is COc1cc2c(cc1OCCCOCCNN=N)CC(C(C)(C)C)n1cc(C(=O)N=O)c(=O)cc1-2. The van der Waals surface area contributed by atoms with Gasteiger partial charge < -0.3 is 18.8 Å². The number of aromatic nitrogens is 1. The molecule has 188 valence electrons. The molecule has 2 heterocycles. The van der Waals surface area contributed by atoms with Gasteiger partial charge in [0.1, 0.15) is 5.56 Å². The number of hydrogen-bond acceptors (Lipinski definition) is 8. The second-order valence-corrected chi connectivity index (χ2v) is 9.32. The van der Waals surface area contributed by atoms with Gasteiger partial charge in [-0.1, -0.05) is 26.0 Å². The first-order valence-electron chi connectivity index (χ1n) is 11.4. The lowest BCUT2D eigenvalue weighted by atomic mass is 9.78. The van der Waals surface area contributed by atoms with Crippen LogP contribution in [0.4, 0.5) is 0 Å². The van der Waals surface area contributed by atoms with E-state index < -0.39 is 11.3 Å². The Morgan fingerprint density at radius 3 is 2.63 bits per heavy atom. The fourth-order valence-electron chi connectivity index (χ4n) is 4.16. The second kappa shape index (κ2) is 11.2. The second-order valence-electron chi connectivity index (χ2n) is 9.32. The Balaban J connectivity index is 1.90. The summed E-state index contributed by atoms with van der Waals surface area (Å²) in [6.45, 7) is 8.10. The number of hydrogen-bond donors (Lipinski definition) is 2. The molecule has 11 heteroatoms. The average molecular weight is 486 g/mol. The number of nitrogens with one attached hydrogen (secondary N) is 2. The summed E-state index contributed by atoms with van der Waals surface area (Å²) in [6.07, 6.45) is 2.75. The summed E-state index contributed by atoms with van der Waals surface area (Å²) >= 11 is 0. The van der Waals surface area contributed by atoms with Gasteiger partial charge in [0, 0.05) is 42.1 Å². The molecule has 0 saturated heterocycles. The minimum Gasteiger partial charge on any atom is -0.493 e. The van der Waals surface area contributed by atoms with Gasteiger partial charge >= 0.3 is 5.91 Å². The summed E-state index contributed by atoms with van der Waals surface area (Å²) in [6, 6.07) is 5.08. The van der Waals surface area contributed by atoms with E-state index in [1.165, 1.54) is 12.3 Å². The Morgan fingerprint density at radius 1 is 1.20 bits per heavy atom. The Morgan fingerprint density at radius 2 is 1.97 bits per heavy atom. The zero-order valence-corrected chi connectivity index (χ0v) is 20.4. The van der Waals surface area contributed by atoms with Crippen molar-refractivity contribution in [3.8, 4) is 22.8 Å². The Kier molecular flexibility index (Phi) is 8.34. The van der Waals surface area contributed by atoms with Crippen LogP contribution in [0.15, 0.2) is 39.6 Å². The van der Waals surface area contributed by atoms with Crippen molar-refractivity contribution in [2.45, 2.75) is 39.7 Å². The molecular weight excluding hydrogens is 454 g/mol. The third-order valence-electron chi connectivity index (χ3n) is 5.93. The van der Waals surface area contributed by atoms with E-state index in [1.54, 1.807) is 7.11 Å². The van der Waals surface area contributed by atoms with Crippen molar-refractivity contribution in [1.29, 1.82) is 5.53 Å². The number of nitrogens with zero attached hydrogens (tertiary/aromatic N) is 3. The maximum absolute atomic E-state index is 12.6. The molecule has 1 aromatic heterocycles. The number of fused-ring (bicyclic) bond motifs is 3. The minimum absolute atomic E-state index is 0.0810. The molecule has 1 aliphatic rings. The van der Waals surface area contributed by atoms with E-state index in [2.05, 4.69) is 36.6 Å². The number of benzene rings is 1. The van der Waals surface area contributed by atoms with Crippen LogP contribution < -0.4 is 20.3 Å². The third kappa shape index (κ3) is 5.91. The Hall–Kier alpha value is -3.60. The molecule has 1 atom stereocenters. The molecular formula is C24H31N5O6. The van der Waals surface area contributed by atoms with E-state index in [9.17, 15) is 14.5 Å². The summed E-state index contributed by atoms with van der Waals surface area (Å²) in [5.41, 5.74) is 10.6. The van der Waals surface area contributed by atoms with Crippen LogP contribution in [0.25, 0.3) is 11.3 Å². The standard InChI is InChI=1S/C24H31N5O6/c1-24(2,3)22-11-15-10-21(35-8-5-7-34-9-6-26-28-25)20(33-4)12-16(15)18-13-19(30)17(14-29(18)22)23(31)27-32/h10,12-14,22H,5-9,11H2,1-4H3,(H2,25,26). The zero-order chi connectivity index (χ0) is 25.6. The highest BCUT2D eigenvalue weighted by Crippen LogP contribution is 2.45. The normalized spacial score (nSPS) is 14.5. The lowest BCUT2D eigenvalue weighted by molar-refractivity contribution is 0.0998. The third-order valence-corrected chi connectivity index (χ3v) is 5.93. The van der Waals surface area contributed by atoms with Crippen LogP contribution in [0.5, 0.6) is 11.5 Å². The maximum atomic E-state index is 12.6. The van der Waals surface area contributed by atoms with Crippen LogP contribution in [-0.4, -0.2) is 43.9 Å². The van der Waals surface area contributed by atoms with Crippen LogP contribution in [-0.2, 0) is 11.2 Å². The van der Waals surface area contributed by atoms with Crippen LogP contribution in [0.1, 0.15) is 49.2 Å². The lowest BCUT2D eigenvalue weighted by Crippen LogP contribution is -2.32. The number of methoxy groups -OCH3 is 1. The molecule has 0 fully saturated rings. The van der Waals surface area contributed by atoms with Gasteiger partial charge in [0.2, 0.25) is 0 Å². The fraction of sp³-hybridized carbons (Fsp3) is 0.500. The van der Waals surface area contributed by atoms with Gasteiger partial charge in [0.15, 0.2) is 16.9 Å². The van der Waals surface area contributed by atoms with Gasteiger partial charge in [-0.25, -0.2) is 0 Å². The molecule has 3 rings (SSSR count). The molecule has 0 aliphatic carbocycles.